The Kier molecular flexibility index (Phi) is 5.87. The Labute approximate surface area is 161 Å². The summed E-state index contributed by atoms with van der Waals surface area (Å²) < 4.78 is 0. The van der Waals surface area contributed by atoms with Crippen molar-refractivity contribution in [2.75, 3.05) is 51.6 Å². The van der Waals surface area contributed by atoms with Crippen LogP contribution in [0.4, 0.5) is 0 Å². The van der Waals surface area contributed by atoms with Crippen LogP contribution >= 0.6 is 11.8 Å². The number of hydrogen-bond acceptors (Lipinski definition) is 4. The zero-order chi connectivity index (χ0) is 17.9. The Morgan fingerprint density at radius 2 is 1.81 bits per heavy atom. The SMILES string of the molecule is Cc1ccccc1CSCC(=O)N1CCN([C@H]2CN3CCC2CC3)CC1. The van der Waals surface area contributed by atoms with Crippen LogP contribution in [0.15, 0.2) is 24.3 Å². The van der Waals surface area contributed by atoms with Crippen molar-refractivity contribution in [1.29, 1.82) is 0 Å². The fourth-order valence-corrected chi connectivity index (χ4v) is 5.77. The van der Waals surface area contributed by atoms with Crippen molar-refractivity contribution in [1.82, 2.24) is 14.7 Å². The molecule has 0 radical (unpaired) electrons. The molecule has 4 aliphatic rings. The van der Waals surface area contributed by atoms with Crippen LogP contribution in [0.2, 0.25) is 0 Å². The van der Waals surface area contributed by atoms with Gasteiger partial charge in [-0.2, -0.15) is 0 Å². The number of hydrogen-bond donors (Lipinski definition) is 0. The third-order valence-corrected chi connectivity index (χ3v) is 7.47. The van der Waals surface area contributed by atoms with Gasteiger partial charge >= 0.3 is 0 Å². The fraction of sp³-hybridized carbons (Fsp3) is 0.667. The Morgan fingerprint density at radius 3 is 2.46 bits per heavy atom. The van der Waals surface area contributed by atoms with Gasteiger partial charge in [0.2, 0.25) is 5.91 Å². The van der Waals surface area contributed by atoms with Gasteiger partial charge in [0.15, 0.2) is 0 Å². The van der Waals surface area contributed by atoms with Crippen molar-refractivity contribution >= 4 is 17.7 Å². The summed E-state index contributed by atoms with van der Waals surface area (Å²) in [5.74, 6) is 2.75. The molecule has 0 N–H and O–H groups in total. The minimum absolute atomic E-state index is 0.317. The third-order valence-electron chi connectivity index (χ3n) is 6.50. The third kappa shape index (κ3) is 4.10. The van der Waals surface area contributed by atoms with Gasteiger partial charge in [0.05, 0.1) is 5.75 Å². The highest BCUT2D eigenvalue weighted by Crippen LogP contribution is 2.31. The molecule has 26 heavy (non-hydrogen) atoms. The first-order chi connectivity index (χ1) is 12.7. The molecule has 0 unspecified atom stereocenters. The van der Waals surface area contributed by atoms with E-state index in [2.05, 4.69) is 45.9 Å². The topological polar surface area (TPSA) is 26.8 Å². The molecule has 0 aromatic heterocycles. The Morgan fingerprint density at radius 1 is 1.08 bits per heavy atom. The molecule has 5 rings (SSSR count). The van der Waals surface area contributed by atoms with E-state index in [1.54, 1.807) is 11.8 Å². The molecule has 4 aliphatic heterocycles. The molecular formula is C21H31N3OS. The van der Waals surface area contributed by atoms with Gasteiger partial charge < -0.3 is 9.80 Å². The van der Waals surface area contributed by atoms with Gasteiger partial charge in [0.1, 0.15) is 0 Å². The zero-order valence-corrected chi connectivity index (χ0v) is 16.7. The van der Waals surface area contributed by atoms with Crippen LogP contribution in [0.3, 0.4) is 0 Å². The van der Waals surface area contributed by atoms with Gasteiger partial charge in [0, 0.05) is 44.5 Å². The molecule has 0 aliphatic carbocycles. The molecule has 4 saturated heterocycles. The van der Waals surface area contributed by atoms with E-state index in [1.165, 1.54) is 43.6 Å². The summed E-state index contributed by atoms with van der Waals surface area (Å²) in [6.45, 7) is 9.94. The summed E-state index contributed by atoms with van der Waals surface area (Å²) in [7, 11) is 0. The highest BCUT2D eigenvalue weighted by molar-refractivity contribution is 7.99. The van der Waals surface area contributed by atoms with Crippen molar-refractivity contribution in [3.63, 3.8) is 0 Å². The van der Waals surface area contributed by atoms with Crippen LogP contribution in [0.5, 0.6) is 0 Å². The lowest BCUT2D eigenvalue weighted by molar-refractivity contribution is -0.131. The van der Waals surface area contributed by atoms with Crippen LogP contribution in [0.1, 0.15) is 24.0 Å². The van der Waals surface area contributed by atoms with E-state index in [1.807, 2.05) is 0 Å². The van der Waals surface area contributed by atoms with Crippen LogP contribution in [0.25, 0.3) is 0 Å². The number of piperazine rings is 1. The molecule has 1 amide bonds. The Bertz CT molecular complexity index is 621. The molecule has 1 aromatic rings. The summed E-state index contributed by atoms with van der Waals surface area (Å²) in [5.41, 5.74) is 2.66. The number of aryl methyl sites for hydroxylation is 1. The first-order valence-electron chi connectivity index (χ1n) is 10.1. The first-order valence-corrected chi connectivity index (χ1v) is 11.2. The second-order valence-electron chi connectivity index (χ2n) is 8.04. The summed E-state index contributed by atoms with van der Waals surface area (Å²) in [6.07, 6.45) is 2.75. The zero-order valence-electron chi connectivity index (χ0n) is 15.9. The van der Waals surface area contributed by atoms with E-state index in [4.69, 9.17) is 0 Å². The molecular weight excluding hydrogens is 342 g/mol. The lowest BCUT2D eigenvalue weighted by atomic mass is 9.83. The smallest absolute Gasteiger partial charge is 0.232 e. The number of benzene rings is 1. The number of rotatable bonds is 5. The second-order valence-corrected chi connectivity index (χ2v) is 9.03. The number of piperidine rings is 3. The lowest BCUT2D eigenvalue weighted by Crippen LogP contribution is -2.61. The van der Waals surface area contributed by atoms with Crippen LogP contribution in [-0.4, -0.2) is 78.2 Å². The van der Waals surface area contributed by atoms with Crippen molar-refractivity contribution in [3.8, 4) is 0 Å². The van der Waals surface area contributed by atoms with Crippen molar-refractivity contribution in [2.45, 2.75) is 31.6 Å². The molecule has 1 atom stereocenters. The van der Waals surface area contributed by atoms with Crippen LogP contribution < -0.4 is 0 Å². The Balaban J connectivity index is 1.21. The maximum Gasteiger partial charge on any atom is 0.232 e. The van der Waals surface area contributed by atoms with Gasteiger partial charge in [-0.05, 0) is 49.9 Å². The molecule has 4 nitrogen and oxygen atoms in total. The molecule has 142 valence electrons. The molecule has 1 aromatic carbocycles. The molecule has 0 saturated carbocycles. The summed E-state index contributed by atoms with van der Waals surface area (Å²) >= 11 is 1.75. The van der Waals surface area contributed by atoms with Crippen molar-refractivity contribution in [3.05, 3.63) is 35.4 Å². The highest BCUT2D eigenvalue weighted by atomic mass is 32.2. The maximum atomic E-state index is 12.6. The average molecular weight is 374 g/mol. The number of fused-ring (bicyclic) bond motifs is 3. The summed E-state index contributed by atoms with van der Waals surface area (Å²) in [4.78, 5) is 19.9. The van der Waals surface area contributed by atoms with Gasteiger partial charge in [-0.3, -0.25) is 9.69 Å². The summed E-state index contributed by atoms with van der Waals surface area (Å²) in [5, 5.41) is 0. The van der Waals surface area contributed by atoms with E-state index in [0.717, 1.165) is 43.9 Å². The quantitative estimate of drug-likeness (QED) is 0.792. The average Bonchev–Trinajstić information content (AvgIpc) is 2.70. The first kappa shape index (κ1) is 18.3. The van der Waals surface area contributed by atoms with Crippen molar-refractivity contribution < 1.29 is 4.79 Å². The second kappa shape index (κ2) is 8.32. The van der Waals surface area contributed by atoms with Gasteiger partial charge in [-0.1, -0.05) is 24.3 Å². The molecule has 0 spiro atoms. The van der Waals surface area contributed by atoms with E-state index >= 15 is 0 Å². The van der Waals surface area contributed by atoms with E-state index in [-0.39, 0.29) is 0 Å². The molecule has 4 heterocycles. The molecule has 4 fully saturated rings. The van der Waals surface area contributed by atoms with Crippen LogP contribution in [-0.2, 0) is 10.5 Å². The number of carbonyl (C=O) groups excluding carboxylic acids is 1. The summed E-state index contributed by atoms with van der Waals surface area (Å²) in [6, 6.07) is 9.21. The van der Waals surface area contributed by atoms with Crippen LogP contribution in [0, 0.1) is 12.8 Å². The fourth-order valence-electron chi connectivity index (χ4n) is 4.76. The van der Waals surface area contributed by atoms with Gasteiger partial charge in [-0.25, -0.2) is 0 Å². The van der Waals surface area contributed by atoms with E-state index in [0.29, 0.717) is 11.7 Å². The molecule has 5 heteroatoms. The Hall–Kier alpha value is -1.04. The van der Waals surface area contributed by atoms with Gasteiger partial charge in [-0.15, -0.1) is 11.8 Å². The van der Waals surface area contributed by atoms with E-state index in [9.17, 15) is 4.79 Å². The number of carbonyl (C=O) groups is 1. The maximum absolute atomic E-state index is 12.6. The predicted octanol–water partition coefficient (Wildman–Crippen LogP) is 2.47. The standard InChI is InChI=1S/C21H31N3OS/c1-17-4-2-3-5-19(17)15-26-16-21(25)24-12-10-23(11-13-24)20-14-22-8-6-18(20)7-9-22/h2-5,18,20H,6-16H2,1H3/t20-/m0/s1. The predicted molar refractivity (Wildman–Crippen MR) is 108 cm³/mol. The van der Waals surface area contributed by atoms with Gasteiger partial charge in [0.25, 0.3) is 0 Å². The normalized spacial score (nSPS) is 29.1. The largest absolute Gasteiger partial charge is 0.339 e. The monoisotopic (exact) mass is 373 g/mol. The highest BCUT2D eigenvalue weighted by Gasteiger charge is 2.38. The van der Waals surface area contributed by atoms with Crippen molar-refractivity contribution in [2.24, 2.45) is 5.92 Å². The number of thioether (sulfide) groups is 1. The minimum Gasteiger partial charge on any atom is -0.339 e. The molecule has 2 bridgehead atoms. The minimum atomic E-state index is 0.317. The number of nitrogens with zero attached hydrogens (tertiary/aromatic N) is 3. The van der Waals surface area contributed by atoms with E-state index < -0.39 is 0 Å². The number of amides is 1. The lowest BCUT2D eigenvalue weighted by Gasteiger charge is -2.51.